The van der Waals surface area contributed by atoms with Gasteiger partial charge in [0.2, 0.25) is 0 Å². The third-order valence-electron chi connectivity index (χ3n) is 7.12. The Morgan fingerprint density at radius 2 is 1.16 bits per heavy atom. The van der Waals surface area contributed by atoms with E-state index in [0.717, 1.165) is 25.7 Å². The minimum atomic E-state index is -0.500. The molecule has 0 aromatic rings. The molecule has 2 fully saturated rings. The number of ketones is 2. The van der Waals surface area contributed by atoms with Crippen LogP contribution in [0.5, 0.6) is 0 Å². The van der Waals surface area contributed by atoms with Gasteiger partial charge in [0.15, 0.2) is 0 Å². The van der Waals surface area contributed by atoms with Gasteiger partial charge in [-0.2, -0.15) is 0 Å². The summed E-state index contributed by atoms with van der Waals surface area (Å²) >= 11 is 0. The Bertz CT molecular complexity index is 619. The first-order valence-corrected chi connectivity index (χ1v) is 12.1. The van der Waals surface area contributed by atoms with Crippen molar-refractivity contribution in [2.75, 3.05) is 0 Å². The molecule has 2 aliphatic carbocycles. The van der Waals surface area contributed by atoms with E-state index in [0.29, 0.717) is 24.7 Å². The van der Waals surface area contributed by atoms with E-state index in [1.807, 2.05) is 38.2 Å². The van der Waals surface area contributed by atoms with Crippen LogP contribution in [0.4, 0.5) is 0 Å². The molecule has 0 aromatic carbocycles. The Hall–Kier alpha value is -1.78. The summed E-state index contributed by atoms with van der Waals surface area (Å²) in [5, 5.41) is 20.4. The van der Waals surface area contributed by atoms with Gasteiger partial charge in [-0.05, 0) is 49.4 Å². The van der Waals surface area contributed by atoms with E-state index < -0.39 is 12.2 Å². The van der Waals surface area contributed by atoms with Crippen molar-refractivity contribution >= 4 is 11.6 Å². The van der Waals surface area contributed by atoms with Crippen LogP contribution in [0.25, 0.3) is 0 Å². The molecule has 0 amide bonds. The van der Waals surface area contributed by atoms with E-state index in [4.69, 9.17) is 0 Å². The summed E-state index contributed by atoms with van der Waals surface area (Å²) in [5.74, 6) is 1.09. The van der Waals surface area contributed by atoms with E-state index in [9.17, 15) is 19.8 Å². The van der Waals surface area contributed by atoms with E-state index in [2.05, 4.69) is 27.0 Å². The molecule has 4 heteroatoms. The fourth-order valence-electron chi connectivity index (χ4n) is 4.89. The van der Waals surface area contributed by atoms with Gasteiger partial charge in [-0.1, -0.05) is 77.3 Å². The number of carbonyl (C=O) groups is 2. The van der Waals surface area contributed by atoms with E-state index in [1.54, 1.807) is 12.2 Å². The van der Waals surface area contributed by atoms with Gasteiger partial charge in [-0.3, -0.25) is 9.59 Å². The van der Waals surface area contributed by atoms with Crippen LogP contribution in [-0.4, -0.2) is 34.0 Å². The van der Waals surface area contributed by atoms with Gasteiger partial charge in [0, 0.05) is 24.7 Å². The third kappa shape index (κ3) is 8.29. The monoisotopic (exact) mass is 444 g/mol. The predicted octanol–water partition coefficient (Wildman–Crippen LogP) is 5.46. The highest BCUT2D eigenvalue weighted by atomic mass is 16.3. The molecule has 0 spiro atoms. The first kappa shape index (κ1) is 28.3. The lowest BCUT2D eigenvalue weighted by atomic mass is 9.83. The van der Waals surface area contributed by atoms with Crippen LogP contribution < -0.4 is 0 Å². The van der Waals surface area contributed by atoms with Crippen molar-refractivity contribution in [2.24, 2.45) is 35.5 Å². The molecule has 2 aliphatic rings. The number of hydrogen-bond donors (Lipinski definition) is 2. The average Bonchev–Trinajstić information content (AvgIpc) is 3.27. The summed E-state index contributed by atoms with van der Waals surface area (Å²) < 4.78 is 0. The molecule has 4 nitrogen and oxygen atoms in total. The van der Waals surface area contributed by atoms with Crippen LogP contribution >= 0.6 is 0 Å². The zero-order valence-corrected chi connectivity index (χ0v) is 20.5. The molecule has 8 atom stereocenters. The van der Waals surface area contributed by atoms with Gasteiger partial charge in [-0.25, -0.2) is 0 Å². The normalized spacial score (nSPS) is 29.6. The number of aliphatic hydroxyl groups is 2. The maximum atomic E-state index is 11.7. The lowest BCUT2D eigenvalue weighted by Crippen LogP contribution is -2.33. The fourth-order valence-corrected chi connectivity index (χ4v) is 4.89. The Morgan fingerprint density at radius 3 is 1.41 bits per heavy atom. The van der Waals surface area contributed by atoms with E-state index in [1.165, 1.54) is 0 Å². The molecule has 2 rings (SSSR count). The SMILES string of the molecule is C=C/C=C/C[C@@H](C)[C@@H](O)[C@H]1C(=O)CCC1C.C=C/C=C\C[C@@H](C)[C@@H](O)[C@H]1C(=O)CCC1C. The van der Waals surface area contributed by atoms with Crippen molar-refractivity contribution in [3.8, 4) is 0 Å². The molecule has 0 radical (unpaired) electrons. The highest BCUT2D eigenvalue weighted by Gasteiger charge is 2.39. The molecular weight excluding hydrogens is 400 g/mol. The summed E-state index contributed by atoms with van der Waals surface area (Å²) in [4.78, 5) is 23.3. The molecule has 32 heavy (non-hydrogen) atoms. The van der Waals surface area contributed by atoms with Gasteiger partial charge in [0.1, 0.15) is 11.6 Å². The minimum absolute atomic E-state index is 0.130. The third-order valence-corrected chi connectivity index (χ3v) is 7.12. The van der Waals surface area contributed by atoms with E-state index in [-0.39, 0.29) is 35.2 Å². The number of Topliss-reactive ketones (excluding diaryl/α,β-unsaturated/α-hetero) is 2. The number of rotatable bonds is 10. The van der Waals surface area contributed by atoms with Gasteiger partial charge in [0.25, 0.3) is 0 Å². The second-order valence-electron chi connectivity index (χ2n) is 9.75. The fraction of sp³-hybridized carbons (Fsp3) is 0.643. The van der Waals surface area contributed by atoms with Crippen molar-refractivity contribution in [1.29, 1.82) is 0 Å². The Morgan fingerprint density at radius 1 is 0.812 bits per heavy atom. The van der Waals surface area contributed by atoms with Crippen LogP contribution in [0.3, 0.4) is 0 Å². The second kappa shape index (κ2) is 14.4. The minimum Gasteiger partial charge on any atom is -0.392 e. The summed E-state index contributed by atoms with van der Waals surface area (Å²) in [7, 11) is 0. The standard InChI is InChI=1S/2C14H22O2/c2*1-4-5-6-7-11(3)14(16)13-10(2)8-9-12(13)15/h2*4-6,10-11,13-14,16H,1,7-9H2,2-3H3/b6-5+;6-5-/t2*10?,11-,13-,14-/m11/s1. The topological polar surface area (TPSA) is 74.6 Å². The van der Waals surface area contributed by atoms with Crippen LogP contribution in [0.2, 0.25) is 0 Å². The van der Waals surface area contributed by atoms with Crippen LogP contribution in [0.15, 0.2) is 49.6 Å². The molecule has 0 aromatic heterocycles. The van der Waals surface area contributed by atoms with Gasteiger partial charge >= 0.3 is 0 Å². The zero-order chi connectivity index (χ0) is 24.3. The van der Waals surface area contributed by atoms with Crippen LogP contribution in [0, 0.1) is 35.5 Å². The number of allylic oxidation sites excluding steroid dienone is 6. The van der Waals surface area contributed by atoms with Gasteiger partial charge in [-0.15, -0.1) is 0 Å². The largest absolute Gasteiger partial charge is 0.392 e. The summed E-state index contributed by atoms with van der Waals surface area (Å²) in [5.41, 5.74) is 0. The van der Waals surface area contributed by atoms with Crippen molar-refractivity contribution in [3.63, 3.8) is 0 Å². The first-order valence-electron chi connectivity index (χ1n) is 12.1. The van der Waals surface area contributed by atoms with E-state index >= 15 is 0 Å². The Labute approximate surface area is 195 Å². The average molecular weight is 445 g/mol. The zero-order valence-electron chi connectivity index (χ0n) is 20.5. The summed E-state index contributed by atoms with van der Waals surface area (Å²) in [6.07, 6.45) is 14.9. The van der Waals surface area contributed by atoms with Crippen molar-refractivity contribution in [3.05, 3.63) is 49.6 Å². The summed E-state index contributed by atoms with van der Waals surface area (Å²) in [6.45, 7) is 15.3. The maximum Gasteiger partial charge on any atom is 0.138 e. The lowest BCUT2D eigenvalue weighted by molar-refractivity contribution is -0.126. The first-order chi connectivity index (χ1) is 15.1. The molecule has 0 bridgehead atoms. The smallest absolute Gasteiger partial charge is 0.138 e. The van der Waals surface area contributed by atoms with Gasteiger partial charge in [0.05, 0.1) is 12.2 Å². The highest BCUT2D eigenvalue weighted by Crippen LogP contribution is 2.35. The molecule has 0 heterocycles. The molecule has 180 valence electrons. The number of carbonyl (C=O) groups excluding carboxylic acids is 2. The predicted molar refractivity (Wildman–Crippen MR) is 132 cm³/mol. The molecule has 0 aliphatic heterocycles. The molecule has 0 saturated heterocycles. The highest BCUT2D eigenvalue weighted by molar-refractivity contribution is 5.84. The molecule has 2 unspecified atom stereocenters. The molecule has 2 N–H and O–H groups in total. The van der Waals surface area contributed by atoms with Crippen LogP contribution in [-0.2, 0) is 9.59 Å². The van der Waals surface area contributed by atoms with Crippen molar-refractivity contribution in [1.82, 2.24) is 0 Å². The molecular formula is C28H44O4. The Kier molecular flexibility index (Phi) is 12.7. The van der Waals surface area contributed by atoms with Crippen molar-refractivity contribution < 1.29 is 19.8 Å². The molecule has 2 saturated carbocycles. The second-order valence-corrected chi connectivity index (χ2v) is 9.75. The number of hydrogen-bond acceptors (Lipinski definition) is 4. The quantitative estimate of drug-likeness (QED) is 0.439. The maximum absolute atomic E-state index is 11.7. The lowest BCUT2D eigenvalue weighted by Gasteiger charge is -2.25. The van der Waals surface area contributed by atoms with Crippen molar-refractivity contribution in [2.45, 2.75) is 78.4 Å². The van der Waals surface area contributed by atoms with Crippen LogP contribution in [0.1, 0.15) is 66.2 Å². The Balaban J connectivity index is 0.000000320. The van der Waals surface area contributed by atoms with Gasteiger partial charge < -0.3 is 10.2 Å². The number of aliphatic hydroxyl groups excluding tert-OH is 2. The summed E-state index contributed by atoms with van der Waals surface area (Å²) in [6, 6.07) is 0.